The van der Waals surface area contributed by atoms with Crippen LogP contribution in [0.25, 0.3) is 6.08 Å². The molecule has 0 bridgehead atoms. The normalized spacial score (nSPS) is 20.5. The van der Waals surface area contributed by atoms with E-state index in [1.165, 1.54) is 50.0 Å². The number of rotatable bonds is 9. The summed E-state index contributed by atoms with van der Waals surface area (Å²) in [6, 6.07) is 10.3. The topological polar surface area (TPSA) is 41.5 Å². The lowest BCUT2D eigenvalue weighted by molar-refractivity contribution is 0.226. The van der Waals surface area contributed by atoms with E-state index in [1.807, 2.05) is 18.3 Å². The van der Waals surface area contributed by atoms with Crippen LogP contribution in [0.2, 0.25) is 0 Å². The van der Waals surface area contributed by atoms with Crippen molar-refractivity contribution in [2.24, 2.45) is 0 Å². The van der Waals surface area contributed by atoms with Gasteiger partial charge in [-0.2, -0.15) is 0 Å². The number of ether oxygens (including phenoxy) is 1. The third-order valence-electron chi connectivity index (χ3n) is 6.21. The molecular weight excluding hydrogens is 404 g/mol. The maximum atomic E-state index is 5.23. The molecule has 0 aliphatic carbocycles. The van der Waals surface area contributed by atoms with Gasteiger partial charge in [0.25, 0.3) is 0 Å². The zero-order valence-corrected chi connectivity index (χ0v) is 19.4. The van der Waals surface area contributed by atoms with E-state index in [9.17, 15) is 0 Å². The number of likely N-dealkylation sites (tertiary alicyclic amines) is 2. The van der Waals surface area contributed by atoms with Crippen molar-refractivity contribution in [2.45, 2.75) is 36.8 Å². The molecule has 166 valence electrons. The molecule has 2 aliphatic heterocycles. The van der Waals surface area contributed by atoms with E-state index >= 15 is 0 Å². The van der Waals surface area contributed by atoms with Crippen LogP contribution in [0.3, 0.4) is 0 Å². The molecule has 0 amide bonds. The quantitative estimate of drug-likeness (QED) is 0.422. The van der Waals surface area contributed by atoms with Crippen LogP contribution < -0.4 is 4.74 Å². The van der Waals surface area contributed by atoms with Gasteiger partial charge in [-0.25, -0.2) is 9.97 Å². The highest BCUT2D eigenvalue weighted by molar-refractivity contribution is 7.99. The molecule has 31 heavy (non-hydrogen) atoms. The highest BCUT2D eigenvalue weighted by Gasteiger charge is 2.22. The summed E-state index contributed by atoms with van der Waals surface area (Å²) in [5.41, 5.74) is 2.42. The van der Waals surface area contributed by atoms with Crippen LogP contribution in [0.1, 0.15) is 42.9 Å². The molecule has 6 heteroatoms. The molecule has 1 atom stereocenters. The second-order valence-corrected chi connectivity index (χ2v) is 9.50. The van der Waals surface area contributed by atoms with Crippen molar-refractivity contribution in [1.29, 1.82) is 0 Å². The summed E-state index contributed by atoms with van der Waals surface area (Å²) < 4.78 is 5.23. The first-order chi connectivity index (χ1) is 15.3. The molecule has 2 aromatic rings. The van der Waals surface area contributed by atoms with Crippen LogP contribution in [-0.2, 0) is 0 Å². The number of aromatic nitrogens is 2. The van der Waals surface area contributed by atoms with Gasteiger partial charge < -0.3 is 9.64 Å². The van der Waals surface area contributed by atoms with Crippen molar-refractivity contribution in [3.05, 3.63) is 53.9 Å². The van der Waals surface area contributed by atoms with Gasteiger partial charge in [0.15, 0.2) is 5.16 Å². The fourth-order valence-electron chi connectivity index (χ4n) is 4.44. The molecule has 3 heterocycles. The molecular formula is C25H34N4OS. The Morgan fingerprint density at radius 1 is 1.06 bits per heavy atom. The van der Waals surface area contributed by atoms with Crippen molar-refractivity contribution < 1.29 is 4.74 Å². The van der Waals surface area contributed by atoms with Gasteiger partial charge in [0.1, 0.15) is 5.75 Å². The molecule has 2 fully saturated rings. The smallest absolute Gasteiger partial charge is 0.187 e. The van der Waals surface area contributed by atoms with Crippen LogP contribution in [0.4, 0.5) is 0 Å². The van der Waals surface area contributed by atoms with E-state index < -0.39 is 0 Å². The molecule has 4 rings (SSSR count). The molecule has 0 radical (unpaired) electrons. The Kier molecular flexibility index (Phi) is 8.38. The molecule has 0 N–H and O–H groups in total. The Labute approximate surface area is 190 Å². The Morgan fingerprint density at radius 2 is 1.87 bits per heavy atom. The Morgan fingerprint density at radius 3 is 2.68 bits per heavy atom. The number of benzene rings is 1. The van der Waals surface area contributed by atoms with E-state index in [0.29, 0.717) is 5.92 Å². The van der Waals surface area contributed by atoms with E-state index in [0.717, 1.165) is 42.8 Å². The zero-order valence-electron chi connectivity index (χ0n) is 18.6. The van der Waals surface area contributed by atoms with Crippen LogP contribution >= 0.6 is 11.8 Å². The monoisotopic (exact) mass is 438 g/mol. The number of thioether (sulfide) groups is 1. The second-order valence-electron chi connectivity index (χ2n) is 8.44. The molecule has 0 unspecified atom stereocenters. The van der Waals surface area contributed by atoms with E-state index in [1.54, 1.807) is 18.9 Å². The van der Waals surface area contributed by atoms with Crippen LogP contribution in [0.5, 0.6) is 5.75 Å². The molecule has 2 saturated heterocycles. The predicted molar refractivity (Wildman–Crippen MR) is 129 cm³/mol. The summed E-state index contributed by atoms with van der Waals surface area (Å²) in [7, 11) is 1.70. The summed E-state index contributed by atoms with van der Waals surface area (Å²) in [6.45, 7) is 6.87. The third kappa shape index (κ3) is 6.79. The van der Waals surface area contributed by atoms with Gasteiger partial charge in [0.2, 0.25) is 0 Å². The largest absolute Gasteiger partial charge is 0.497 e. The minimum absolute atomic E-state index is 0.504. The predicted octanol–water partition coefficient (Wildman–Crippen LogP) is 4.57. The van der Waals surface area contributed by atoms with E-state index in [2.05, 4.69) is 45.1 Å². The van der Waals surface area contributed by atoms with Crippen LogP contribution in [0.15, 0.2) is 47.8 Å². The standard InChI is InChI=1S/C25H34N4OS/c1-30-23-10-8-21(9-11-23)6-4-16-29-17-5-7-22(20-29)24-12-13-26-25(27-24)31-19-18-28-14-2-3-15-28/h4,6,8-13,22H,2-3,5,7,14-20H2,1H3/b6-4+/t22-/m1/s1. The van der Waals surface area contributed by atoms with E-state index in [-0.39, 0.29) is 0 Å². The molecule has 2 aliphatic rings. The third-order valence-corrected chi connectivity index (χ3v) is 7.05. The summed E-state index contributed by atoms with van der Waals surface area (Å²) in [5, 5.41) is 0.938. The Hall–Kier alpha value is -1.89. The minimum atomic E-state index is 0.504. The van der Waals surface area contributed by atoms with Crippen molar-refractivity contribution in [2.75, 3.05) is 52.1 Å². The van der Waals surface area contributed by atoms with Crippen LogP contribution in [-0.4, -0.2) is 71.9 Å². The SMILES string of the molecule is COc1ccc(/C=C/CN2CCC[C@@H](c3ccnc(SCCN4CCCC4)n3)C2)cc1. The van der Waals surface area contributed by atoms with Crippen molar-refractivity contribution >= 4 is 17.8 Å². The van der Waals surface area contributed by atoms with Gasteiger partial charge in [-0.05, 0) is 69.1 Å². The van der Waals surface area contributed by atoms with Crippen molar-refractivity contribution in [3.8, 4) is 5.75 Å². The number of methoxy groups -OCH3 is 1. The lowest BCUT2D eigenvalue weighted by Gasteiger charge is -2.31. The summed E-state index contributed by atoms with van der Waals surface area (Å²) in [4.78, 5) is 14.5. The van der Waals surface area contributed by atoms with Gasteiger partial charge in [-0.3, -0.25) is 4.90 Å². The first-order valence-corrected chi connectivity index (χ1v) is 12.5. The zero-order chi connectivity index (χ0) is 21.3. The van der Waals surface area contributed by atoms with Crippen LogP contribution in [0, 0.1) is 0 Å². The number of piperidine rings is 1. The van der Waals surface area contributed by atoms with Gasteiger partial charge in [-0.15, -0.1) is 0 Å². The number of nitrogens with zero attached hydrogens (tertiary/aromatic N) is 4. The molecule has 1 aromatic heterocycles. The van der Waals surface area contributed by atoms with Crippen molar-refractivity contribution in [1.82, 2.24) is 19.8 Å². The fraction of sp³-hybridized carbons (Fsp3) is 0.520. The number of hydrogen-bond donors (Lipinski definition) is 0. The van der Waals surface area contributed by atoms with Crippen molar-refractivity contribution in [3.63, 3.8) is 0 Å². The van der Waals surface area contributed by atoms with Gasteiger partial charge in [0, 0.05) is 43.2 Å². The van der Waals surface area contributed by atoms with Gasteiger partial charge in [-0.1, -0.05) is 36.0 Å². The Balaban J connectivity index is 1.26. The number of hydrogen-bond acceptors (Lipinski definition) is 6. The summed E-state index contributed by atoms with van der Waals surface area (Å²) in [5.74, 6) is 2.48. The minimum Gasteiger partial charge on any atom is -0.497 e. The average molecular weight is 439 g/mol. The highest BCUT2D eigenvalue weighted by atomic mass is 32.2. The summed E-state index contributed by atoms with van der Waals surface area (Å²) >= 11 is 1.80. The van der Waals surface area contributed by atoms with E-state index in [4.69, 9.17) is 9.72 Å². The maximum Gasteiger partial charge on any atom is 0.187 e. The highest BCUT2D eigenvalue weighted by Crippen LogP contribution is 2.27. The maximum absolute atomic E-state index is 5.23. The van der Waals surface area contributed by atoms with Gasteiger partial charge in [0.05, 0.1) is 7.11 Å². The molecule has 5 nitrogen and oxygen atoms in total. The average Bonchev–Trinajstić information content (AvgIpc) is 3.34. The molecule has 0 saturated carbocycles. The lowest BCUT2D eigenvalue weighted by atomic mass is 9.94. The molecule has 0 spiro atoms. The fourth-order valence-corrected chi connectivity index (χ4v) is 5.28. The first-order valence-electron chi connectivity index (χ1n) is 11.5. The van der Waals surface area contributed by atoms with Gasteiger partial charge >= 0.3 is 0 Å². The molecule has 1 aromatic carbocycles. The lowest BCUT2D eigenvalue weighted by Crippen LogP contribution is -2.34. The second kappa shape index (κ2) is 11.7. The first kappa shape index (κ1) is 22.3. The summed E-state index contributed by atoms with van der Waals surface area (Å²) in [6.07, 6.45) is 11.6. The Bertz CT molecular complexity index is 836.